The van der Waals surface area contributed by atoms with Crippen molar-refractivity contribution in [2.24, 2.45) is 0 Å². The highest BCUT2D eigenvalue weighted by atomic mass is 16.4. The fourth-order valence-electron chi connectivity index (χ4n) is 0.866. The third kappa shape index (κ3) is 3.99. The average molecular weight is 196 g/mol. The number of hydrogen-bond donors (Lipinski definition) is 6. The molecular weight excluding hydrogens is 180 g/mol. The fourth-order valence-corrected chi connectivity index (χ4v) is 0.866. The van der Waals surface area contributed by atoms with Gasteiger partial charge in [-0.3, -0.25) is 0 Å². The van der Waals surface area contributed by atoms with Crippen molar-refractivity contribution in [3.8, 4) is 0 Å². The lowest BCUT2D eigenvalue weighted by molar-refractivity contribution is -0.118. The van der Waals surface area contributed by atoms with E-state index in [2.05, 4.69) is 0 Å². The minimum atomic E-state index is -1.62. The van der Waals surface area contributed by atoms with Crippen LogP contribution in [0.3, 0.4) is 0 Å². The first-order chi connectivity index (χ1) is 6.04. The van der Waals surface area contributed by atoms with E-state index in [9.17, 15) is 0 Å². The molecule has 13 heavy (non-hydrogen) atoms. The Labute approximate surface area is 75.7 Å². The summed E-state index contributed by atoms with van der Waals surface area (Å²) in [6.07, 6.45) is -6.11. The largest absolute Gasteiger partial charge is 0.396 e. The van der Waals surface area contributed by atoms with E-state index >= 15 is 0 Å². The molecule has 0 saturated heterocycles. The Hall–Kier alpha value is -0.240. The molecule has 0 radical (unpaired) electrons. The zero-order chi connectivity index (χ0) is 10.4. The highest BCUT2D eigenvalue weighted by Crippen LogP contribution is 2.07. The average Bonchev–Trinajstić information content (AvgIpc) is 2.14. The molecule has 0 bridgehead atoms. The first-order valence-electron chi connectivity index (χ1n) is 3.98. The smallest absolute Gasteiger partial charge is 0.110 e. The molecule has 6 heteroatoms. The van der Waals surface area contributed by atoms with Crippen molar-refractivity contribution in [3.63, 3.8) is 0 Å². The Morgan fingerprint density at radius 3 is 1.62 bits per heavy atom. The Kier molecular flexibility index (Phi) is 6.13. The van der Waals surface area contributed by atoms with Crippen molar-refractivity contribution >= 4 is 0 Å². The molecule has 0 saturated carbocycles. The van der Waals surface area contributed by atoms with Gasteiger partial charge in [0.25, 0.3) is 0 Å². The summed E-state index contributed by atoms with van der Waals surface area (Å²) in [6, 6.07) is 0. The molecule has 0 aliphatic heterocycles. The van der Waals surface area contributed by atoms with Crippen LogP contribution in [0.1, 0.15) is 6.42 Å². The van der Waals surface area contributed by atoms with Crippen LogP contribution in [0.15, 0.2) is 0 Å². The molecule has 0 fully saturated rings. The van der Waals surface area contributed by atoms with Crippen molar-refractivity contribution in [3.05, 3.63) is 0 Å². The van der Waals surface area contributed by atoms with Gasteiger partial charge in [-0.25, -0.2) is 0 Å². The third-order valence-corrected chi connectivity index (χ3v) is 1.75. The molecule has 80 valence electrons. The third-order valence-electron chi connectivity index (χ3n) is 1.75. The van der Waals surface area contributed by atoms with Gasteiger partial charge >= 0.3 is 0 Å². The molecule has 0 aromatic carbocycles. The quantitative estimate of drug-likeness (QED) is 0.266. The van der Waals surface area contributed by atoms with E-state index in [1.165, 1.54) is 0 Å². The molecule has 0 heterocycles. The van der Waals surface area contributed by atoms with E-state index in [-0.39, 0.29) is 13.0 Å². The predicted octanol–water partition coefficient (Wildman–Crippen LogP) is -3.20. The second kappa shape index (κ2) is 6.25. The van der Waals surface area contributed by atoms with Crippen molar-refractivity contribution < 1.29 is 30.6 Å². The van der Waals surface area contributed by atoms with Crippen LogP contribution in [0.2, 0.25) is 0 Å². The second-order valence-electron chi connectivity index (χ2n) is 2.81. The van der Waals surface area contributed by atoms with Crippen LogP contribution in [0.5, 0.6) is 0 Å². The van der Waals surface area contributed by atoms with Crippen LogP contribution in [0.4, 0.5) is 0 Å². The van der Waals surface area contributed by atoms with E-state index in [0.29, 0.717) is 0 Å². The molecule has 4 atom stereocenters. The van der Waals surface area contributed by atoms with Crippen LogP contribution < -0.4 is 0 Å². The Balaban J connectivity index is 3.99. The van der Waals surface area contributed by atoms with Gasteiger partial charge in [0, 0.05) is 6.61 Å². The molecular formula is C7H16O6. The topological polar surface area (TPSA) is 121 Å². The van der Waals surface area contributed by atoms with E-state index in [4.69, 9.17) is 30.6 Å². The van der Waals surface area contributed by atoms with Crippen molar-refractivity contribution in [2.75, 3.05) is 13.2 Å². The highest BCUT2D eigenvalue weighted by Gasteiger charge is 2.29. The summed E-state index contributed by atoms with van der Waals surface area (Å²) in [7, 11) is 0. The molecule has 0 aromatic heterocycles. The number of aliphatic hydroxyl groups is 6. The van der Waals surface area contributed by atoms with Gasteiger partial charge in [-0.15, -0.1) is 0 Å². The number of rotatable bonds is 6. The van der Waals surface area contributed by atoms with Crippen LogP contribution in [0.25, 0.3) is 0 Å². The first-order valence-corrected chi connectivity index (χ1v) is 3.98. The lowest BCUT2D eigenvalue weighted by atomic mass is 10.0. The van der Waals surface area contributed by atoms with E-state index in [1.54, 1.807) is 0 Å². The fraction of sp³-hybridized carbons (Fsp3) is 1.00. The zero-order valence-corrected chi connectivity index (χ0v) is 7.11. The monoisotopic (exact) mass is 196 g/mol. The molecule has 6 N–H and O–H groups in total. The van der Waals surface area contributed by atoms with E-state index in [0.717, 1.165) is 0 Å². The summed E-state index contributed by atoms with van der Waals surface area (Å²) < 4.78 is 0. The van der Waals surface area contributed by atoms with Crippen LogP contribution in [-0.4, -0.2) is 68.3 Å². The zero-order valence-electron chi connectivity index (χ0n) is 7.11. The molecule has 0 aliphatic rings. The molecule has 0 spiro atoms. The Bertz CT molecular complexity index is 130. The summed E-state index contributed by atoms with van der Waals surface area (Å²) >= 11 is 0. The Morgan fingerprint density at radius 1 is 0.769 bits per heavy atom. The maximum absolute atomic E-state index is 9.14. The predicted molar refractivity (Wildman–Crippen MR) is 42.8 cm³/mol. The minimum Gasteiger partial charge on any atom is -0.396 e. The van der Waals surface area contributed by atoms with Gasteiger partial charge in [0.05, 0.1) is 12.7 Å². The minimum absolute atomic E-state index is 0.101. The van der Waals surface area contributed by atoms with Crippen LogP contribution in [0, 0.1) is 0 Å². The normalized spacial score (nSPS) is 20.8. The summed E-state index contributed by atoms with van der Waals surface area (Å²) in [5.41, 5.74) is 0. The van der Waals surface area contributed by atoms with Gasteiger partial charge in [-0.1, -0.05) is 0 Å². The molecule has 6 nitrogen and oxygen atoms in total. The molecule has 0 aliphatic carbocycles. The summed E-state index contributed by atoms with van der Waals surface area (Å²) in [5, 5.41) is 53.0. The van der Waals surface area contributed by atoms with Crippen molar-refractivity contribution in [2.45, 2.75) is 30.8 Å². The van der Waals surface area contributed by atoms with Crippen LogP contribution >= 0.6 is 0 Å². The van der Waals surface area contributed by atoms with Gasteiger partial charge in [0.15, 0.2) is 0 Å². The lowest BCUT2D eigenvalue weighted by Gasteiger charge is -2.25. The highest BCUT2D eigenvalue weighted by molar-refractivity contribution is 4.80. The van der Waals surface area contributed by atoms with Crippen molar-refractivity contribution in [1.29, 1.82) is 0 Å². The maximum atomic E-state index is 9.14. The summed E-state index contributed by atoms with van der Waals surface area (Å²) in [6.45, 7) is -1.04. The lowest BCUT2D eigenvalue weighted by Crippen LogP contribution is -2.46. The first kappa shape index (κ1) is 12.8. The second-order valence-corrected chi connectivity index (χ2v) is 2.81. The maximum Gasteiger partial charge on any atom is 0.110 e. The van der Waals surface area contributed by atoms with E-state index in [1.807, 2.05) is 0 Å². The summed E-state index contributed by atoms with van der Waals surface area (Å²) in [5.74, 6) is 0. The van der Waals surface area contributed by atoms with Gasteiger partial charge in [-0.2, -0.15) is 0 Å². The Morgan fingerprint density at radius 2 is 1.23 bits per heavy atom. The van der Waals surface area contributed by atoms with Crippen molar-refractivity contribution in [1.82, 2.24) is 0 Å². The van der Waals surface area contributed by atoms with E-state index < -0.39 is 31.0 Å². The van der Waals surface area contributed by atoms with Gasteiger partial charge < -0.3 is 30.6 Å². The molecule has 0 unspecified atom stereocenters. The molecule has 0 rings (SSSR count). The van der Waals surface area contributed by atoms with Crippen LogP contribution in [-0.2, 0) is 0 Å². The molecule has 0 aromatic rings. The SMILES string of the molecule is OCC[C@@H](O)[C@@H](O)[C@H](O)[C@H](O)CO. The summed E-state index contributed by atoms with van der Waals surface area (Å²) in [4.78, 5) is 0. The van der Waals surface area contributed by atoms with Gasteiger partial charge in [0.1, 0.15) is 18.3 Å². The van der Waals surface area contributed by atoms with Gasteiger partial charge in [0.2, 0.25) is 0 Å². The number of hydrogen-bond acceptors (Lipinski definition) is 6. The van der Waals surface area contributed by atoms with Gasteiger partial charge in [-0.05, 0) is 6.42 Å². The molecule has 0 amide bonds. The standard InChI is InChI=1S/C7H16O6/c8-2-1-4(10)6(12)7(13)5(11)3-9/h4-13H,1-3H2/t4-,5-,6-,7-/m1/s1. The number of aliphatic hydroxyl groups excluding tert-OH is 6.